The van der Waals surface area contributed by atoms with Crippen LogP contribution in [0.3, 0.4) is 0 Å². The van der Waals surface area contributed by atoms with Gasteiger partial charge in [-0.15, -0.1) is 5.10 Å². The summed E-state index contributed by atoms with van der Waals surface area (Å²) < 4.78 is 21.9. The molecule has 8 nitrogen and oxygen atoms in total. The summed E-state index contributed by atoms with van der Waals surface area (Å²) in [5, 5.41) is 8.27. The molecule has 0 spiro atoms. The number of rotatable bonds is 3. The summed E-state index contributed by atoms with van der Waals surface area (Å²) in [6.45, 7) is 7.58. The number of imidazole rings is 1. The van der Waals surface area contributed by atoms with E-state index >= 15 is 0 Å². The molecule has 0 saturated carbocycles. The van der Waals surface area contributed by atoms with Gasteiger partial charge in [-0.25, -0.2) is 23.7 Å². The van der Waals surface area contributed by atoms with Gasteiger partial charge >= 0.3 is 6.09 Å². The second-order valence-corrected chi connectivity index (χ2v) is 9.32. The molecule has 1 amide bonds. The number of ether oxygens (including phenoxy) is 1. The fourth-order valence-corrected chi connectivity index (χ4v) is 3.73. The Hall–Kier alpha value is -2.94. The third-order valence-corrected chi connectivity index (χ3v) is 5.44. The number of amides is 1. The Labute approximate surface area is 190 Å². The van der Waals surface area contributed by atoms with Gasteiger partial charge in [0.15, 0.2) is 5.82 Å². The average molecular weight is 461 g/mol. The second kappa shape index (κ2) is 8.54. The number of carbonyl (C=O) groups is 1. The molecular weight excluding hydrogens is 435 g/mol. The molecule has 170 valence electrons. The molecule has 2 aromatic heterocycles. The lowest BCUT2D eigenvalue weighted by Gasteiger charge is -2.35. The molecule has 1 aliphatic rings. The Kier molecular flexibility index (Phi) is 5.94. The first kappa shape index (κ1) is 22.3. The van der Waals surface area contributed by atoms with Crippen LogP contribution in [-0.2, 0) is 4.74 Å². The number of aromatic nitrogens is 4. The number of alkyl halides is 1. The maximum absolute atomic E-state index is 14.9. The monoisotopic (exact) mass is 460 g/mol. The van der Waals surface area contributed by atoms with Gasteiger partial charge in [0.1, 0.15) is 17.3 Å². The molecule has 4 rings (SSSR count). The van der Waals surface area contributed by atoms with E-state index < -0.39 is 23.9 Å². The Morgan fingerprint density at radius 2 is 2.00 bits per heavy atom. The summed E-state index contributed by atoms with van der Waals surface area (Å²) >= 11 is 6.00. The van der Waals surface area contributed by atoms with Crippen molar-refractivity contribution in [1.29, 1.82) is 0 Å². The van der Waals surface area contributed by atoms with Gasteiger partial charge in [-0.1, -0.05) is 11.6 Å². The summed E-state index contributed by atoms with van der Waals surface area (Å²) in [4.78, 5) is 22.6. The Balaban J connectivity index is 1.51. The van der Waals surface area contributed by atoms with Gasteiger partial charge in [0, 0.05) is 17.1 Å². The lowest BCUT2D eigenvalue weighted by atomic mass is 10.0. The highest BCUT2D eigenvalue weighted by Crippen LogP contribution is 2.24. The molecule has 1 aromatic carbocycles. The number of hydrogen-bond donors (Lipinski definition) is 1. The standard InChI is InChI=1S/C22H26ClFN6O2/c1-13-18-11-25-20(28-30(18)19(26-13)14-5-7-15(23)8-6-14)27-17-9-10-29(12-16(17)24)21(31)32-22(2,3)4/h5-8,11,16-17H,9-10,12H2,1-4H3,(H,27,28)/t16-,17-/m1/s1. The van der Waals surface area contributed by atoms with E-state index in [1.54, 1.807) is 43.6 Å². The molecule has 1 fully saturated rings. The first-order valence-electron chi connectivity index (χ1n) is 10.5. The van der Waals surface area contributed by atoms with Crippen molar-refractivity contribution in [2.45, 2.75) is 51.9 Å². The van der Waals surface area contributed by atoms with Gasteiger partial charge in [0.2, 0.25) is 5.95 Å². The van der Waals surface area contributed by atoms with Crippen molar-refractivity contribution in [3.05, 3.63) is 41.2 Å². The van der Waals surface area contributed by atoms with Gasteiger partial charge < -0.3 is 15.0 Å². The Morgan fingerprint density at radius 3 is 2.66 bits per heavy atom. The molecule has 32 heavy (non-hydrogen) atoms. The lowest BCUT2D eigenvalue weighted by Crippen LogP contribution is -2.51. The fraction of sp³-hybridized carbons (Fsp3) is 0.455. The number of fused-ring (bicyclic) bond motifs is 1. The maximum atomic E-state index is 14.9. The number of nitrogens with one attached hydrogen (secondary N) is 1. The van der Waals surface area contributed by atoms with E-state index in [1.807, 2.05) is 19.1 Å². The molecule has 3 aromatic rings. The van der Waals surface area contributed by atoms with E-state index in [9.17, 15) is 9.18 Å². The lowest BCUT2D eigenvalue weighted by molar-refractivity contribution is 0.0125. The van der Waals surface area contributed by atoms with E-state index in [0.717, 1.165) is 16.8 Å². The number of carbonyl (C=O) groups excluding carboxylic acids is 1. The number of likely N-dealkylation sites (tertiary alicyclic amines) is 1. The van der Waals surface area contributed by atoms with Gasteiger partial charge in [0.25, 0.3) is 0 Å². The largest absolute Gasteiger partial charge is 0.444 e. The Bertz CT molecular complexity index is 1130. The van der Waals surface area contributed by atoms with Crippen molar-refractivity contribution in [2.75, 3.05) is 18.4 Å². The minimum atomic E-state index is -1.28. The van der Waals surface area contributed by atoms with Crippen LogP contribution >= 0.6 is 11.6 Å². The van der Waals surface area contributed by atoms with Crippen LogP contribution in [0, 0.1) is 6.92 Å². The Morgan fingerprint density at radius 1 is 1.28 bits per heavy atom. The summed E-state index contributed by atoms with van der Waals surface area (Å²) in [5.41, 5.74) is 1.79. The molecule has 1 N–H and O–H groups in total. The van der Waals surface area contributed by atoms with Crippen LogP contribution in [0.1, 0.15) is 32.9 Å². The van der Waals surface area contributed by atoms with E-state index in [1.165, 1.54) is 4.90 Å². The minimum absolute atomic E-state index is 0.0466. The predicted molar refractivity (Wildman–Crippen MR) is 121 cm³/mol. The highest BCUT2D eigenvalue weighted by atomic mass is 35.5. The van der Waals surface area contributed by atoms with E-state index in [2.05, 4.69) is 20.4 Å². The number of hydrogen-bond acceptors (Lipinski definition) is 6. The van der Waals surface area contributed by atoms with Crippen LogP contribution in [0.4, 0.5) is 15.1 Å². The molecule has 0 bridgehead atoms. The zero-order valence-corrected chi connectivity index (χ0v) is 19.2. The molecule has 0 aliphatic carbocycles. The number of anilines is 1. The van der Waals surface area contributed by atoms with Crippen LogP contribution in [-0.4, -0.2) is 61.5 Å². The summed E-state index contributed by atoms with van der Waals surface area (Å²) in [5.74, 6) is 0.944. The average Bonchev–Trinajstić information content (AvgIpc) is 3.05. The predicted octanol–water partition coefficient (Wildman–Crippen LogP) is 4.51. The molecule has 10 heteroatoms. The quantitative estimate of drug-likeness (QED) is 0.619. The highest BCUT2D eigenvalue weighted by Gasteiger charge is 2.34. The summed E-state index contributed by atoms with van der Waals surface area (Å²) in [7, 11) is 0. The number of halogens is 2. The topological polar surface area (TPSA) is 84.7 Å². The van der Waals surface area contributed by atoms with Crippen molar-refractivity contribution in [3.8, 4) is 11.4 Å². The summed E-state index contributed by atoms with van der Waals surface area (Å²) in [6.07, 6.45) is 0.295. The first-order valence-corrected chi connectivity index (χ1v) is 10.9. The van der Waals surface area contributed by atoms with E-state index in [0.29, 0.717) is 29.8 Å². The van der Waals surface area contributed by atoms with Gasteiger partial charge in [0.05, 0.1) is 24.5 Å². The van der Waals surface area contributed by atoms with Crippen molar-refractivity contribution in [2.24, 2.45) is 0 Å². The third kappa shape index (κ3) is 4.77. The maximum Gasteiger partial charge on any atom is 0.410 e. The van der Waals surface area contributed by atoms with Crippen LogP contribution in [0.5, 0.6) is 0 Å². The second-order valence-electron chi connectivity index (χ2n) is 8.89. The molecular formula is C22H26ClFN6O2. The molecule has 3 heterocycles. The SMILES string of the molecule is Cc1nc(-c2ccc(Cl)cc2)n2nc(N[C@@H]3CCN(C(=O)OC(C)(C)C)C[C@H]3F)ncc12. The number of nitrogens with zero attached hydrogens (tertiary/aromatic N) is 5. The third-order valence-electron chi connectivity index (χ3n) is 5.19. The smallest absolute Gasteiger partial charge is 0.410 e. The van der Waals surface area contributed by atoms with E-state index in [-0.39, 0.29) is 6.54 Å². The minimum Gasteiger partial charge on any atom is -0.444 e. The highest BCUT2D eigenvalue weighted by molar-refractivity contribution is 6.30. The van der Waals surface area contributed by atoms with Crippen molar-refractivity contribution >= 4 is 29.2 Å². The molecule has 2 atom stereocenters. The van der Waals surface area contributed by atoms with Crippen LogP contribution in [0.2, 0.25) is 5.02 Å². The first-order chi connectivity index (χ1) is 15.1. The van der Waals surface area contributed by atoms with Crippen molar-refractivity contribution < 1.29 is 13.9 Å². The van der Waals surface area contributed by atoms with Crippen LogP contribution in [0.15, 0.2) is 30.5 Å². The number of piperidine rings is 1. The van der Waals surface area contributed by atoms with Gasteiger partial charge in [-0.05, 0) is 58.4 Å². The van der Waals surface area contributed by atoms with E-state index in [4.69, 9.17) is 16.3 Å². The summed E-state index contributed by atoms with van der Waals surface area (Å²) in [6, 6.07) is 6.81. The molecule has 0 unspecified atom stereocenters. The van der Waals surface area contributed by atoms with Crippen LogP contribution < -0.4 is 5.32 Å². The number of benzene rings is 1. The van der Waals surface area contributed by atoms with Gasteiger partial charge in [-0.3, -0.25) is 0 Å². The number of aryl methyl sites for hydroxylation is 1. The van der Waals surface area contributed by atoms with Crippen LogP contribution in [0.25, 0.3) is 16.9 Å². The zero-order chi connectivity index (χ0) is 23.0. The molecule has 1 aliphatic heterocycles. The fourth-order valence-electron chi connectivity index (χ4n) is 3.60. The zero-order valence-electron chi connectivity index (χ0n) is 18.5. The van der Waals surface area contributed by atoms with Gasteiger partial charge in [-0.2, -0.15) is 0 Å². The normalized spacial score (nSPS) is 19.2. The van der Waals surface area contributed by atoms with Crippen molar-refractivity contribution in [1.82, 2.24) is 24.5 Å². The van der Waals surface area contributed by atoms with Crippen molar-refractivity contribution in [3.63, 3.8) is 0 Å². The molecule has 1 saturated heterocycles. The molecule has 0 radical (unpaired) electrons.